The standard InChI is InChI=1S/C3H6O5S.2Na/c1-2(3(4)5)9(6,7)8;;/h2H,1H3,(H,4,5)(H,6,7,8);;/q;2*+1/p-2. The Kier molecular flexibility index (Phi) is 11.3. The molecule has 5 nitrogen and oxygen atoms in total. The van der Waals surface area contributed by atoms with Gasteiger partial charge in [0.25, 0.3) is 0 Å². The number of aliphatic carboxylic acids is 1. The predicted octanol–water partition coefficient (Wildman–Crippen LogP) is -8.32. The summed E-state index contributed by atoms with van der Waals surface area (Å²) < 4.78 is 29.4. The van der Waals surface area contributed by atoms with E-state index in [9.17, 15) is 22.9 Å². The van der Waals surface area contributed by atoms with E-state index < -0.39 is 21.3 Å². The van der Waals surface area contributed by atoms with Gasteiger partial charge in [-0.05, 0) is 6.92 Å². The number of rotatable bonds is 2. The second-order valence-electron chi connectivity index (χ2n) is 1.45. The molecule has 0 aliphatic rings. The summed E-state index contributed by atoms with van der Waals surface area (Å²) in [6, 6.07) is 0. The van der Waals surface area contributed by atoms with Crippen LogP contribution in [0.5, 0.6) is 0 Å². The van der Waals surface area contributed by atoms with Crippen LogP contribution in [0, 0.1) is 0 Å². The van der Waals surface area contributed by atoms with Crippen LogP contribution in [0.2, 0.25) is 0 Å². The molecule has 0 rings (SSSR count). The van der Waals surface area contributed by atoms with Crippen molar-refractivity contribution >= 4 is 16.1 Å². The zero-order chi connectivity index (χ0) is 7.65. The van der Waals surface area contributed by atoms with Crippen molar-refractivity contribution in [1.29, 1.82) is 0 Å². The molecule has 1 atom stereocenters. The summed E-state index contributed by atoms with van der Waals surface area (Å²) in [6.07, 6.45) is 0. The monoisotopic (exact) mass is 198 g/mol. The van der Waals surface area contributed by atoms with Crippen molar-refractivity contribution in [2.45, 2.75) is 12.2 Å². The molecule has 0 aliphatic carbocycles. The number of carbonyl (C=O) groups excluding carboxylic acids is 1. The number of hydrogen-bond acceptors (Lipinski definition) is 5. The average molecular weight is 198 g/mol. The van der Waals surface area contributed by atoms with Crippen LogP contribution < -0.4 is 64.2 Å². The summed E-state index contributed by atoms with van der Waals surface area (Å²) in [5.41, 5.74) is 0. The Hall–Kier alpha value is 1.38. The minimum Gasteiger partial charge on any atom is -0.747 e. The third-order valence-electron chi connectivity index (χ3n) is 0.765. The van der Waals surface area contributed by atoms with E-state index in [-0.39, 0.29) is 59.1 Å². The second-order valence-corrected chi connectivity index (χ2v) is 3.15. The van der Waals surface area contributed by atoms with Gasteiger partial charge in [0.05, 0.1) is 11.2 Å². The van der Waals surface area contributed by atoms with Crippen LogP contribution in [-0.4, -0.2) is 24.2 Å². The van der Waals surface area contributed by atoms with Gasteiger partial charge < -0.3 is 14.5 Å². The fraction of sp³-hybridized carbons (Fsp3) is 0.667. The van der Waals surface area contributed by atoms with Gasteiger partial charge in [-0.15, -0.1) is 0 Å². The van der Waals surface area contributed by atoms with Crippen molar-refractivity contribution < 1.29 is 82.0 Å². The number of carboxylic acids is 1. The first kappa shape index (κ1) is 18.2. The molecular formula is C3H4Na2O5S. The van der Waals surface area contributed by atoms with Crippen LogP contribution in [-0.2, 0) is 14.9 Å². The van der Waals surface area contributed by atoms with Crippen molar-refractivity contribution in [2.24, 2.45) is 0 Å². The smallest absolute Gasteiger partial charge is 0.747 e. The molecule has 0 aromatic carbocycles. The molecule has 1 unspecified atom stereocenters. The summed E-state index contributed by atoms with van der Waals surface area (Å²) >= 11 is 0. The van der Waals surface area contributed by atoms with Gasteiger partial charge >= 0.3 is 59.1 Å². The third-order valence-corrected chi connectivity index (χ3v) is 1.82. The molecule has 0 bridgehead atoms. The Bertz CT molecular complexity index is 210. The third kappa shape index (κ3) is 7.73. The van der Waals surface area contributed by atoms with Crippen LogP contribution in [0.1, 0.15) is 6.92 Å². The number of carbonyl (C=O) groups is 1. The van der Waals surface area contributed by atoms with E-state index in [0.29, 0.717) is 0 Å². The number of hydrogen-bond donors (Lipinski definition) is 0. The molecule has 0 aromatic heterocycles. The van der Waals surface area contributed by atoms with Gasteiger partial charge in [0.2, 0.25) is 0 Å². The molecule has 0 heterocycles. The zero-order valence-corrected chi connectivity index (χ0v) is 11.3. The summed E-state index contributed by atoms with van der Waals surface area (Å²) in [5, 5.41) is 7.70. The topological polar surface area (TPSA) is 97.3 Å². The molecule has 0 spiro atoms. The summed E-state index contributed by atoms with van der Waals surface area (Å²) in [7, 11) is -4.71. The first-order valence-electron chi connectivity index (χ1n) is 2.01. The Labute approximate surface area is 109 Å². The molecule has 0 aromatic rings. The maximum Gasteiger partial charge on any atom is 1.00 e. The van der Waals surface area contributed by atoms with Crippen molar-refractivity contribution in [1.82, 2.24) is 0 Å². The molecule has 54 valence electrons. The molecule has 0 radical (unpaired) electrons. The van der Waals surface area contributed by atoms with Crippen LogP contribution in [0.15, 0.2) is 0 Å². The van der Waals surface area contributed by atoms with Gasteiger partial charge in [-0.2, -0.15) is 0 Å². The van der Waals surface area contributed by atoms with Crippen molar-refractivity contribution in [3.8, 4) is 0 Å². The van der Waals surface area contributed by atoms with E-state index in [1.54, 1.807) is 0 Å². The molecule has 0 saturated heterocycles. The van der Waals surface area contributed by atoms with Crippen LogP contribution >= 0.6 is 0 Å². The van der Waals surface area contributed by atoms with Gasteiger partial charge in [-0.25, -0.2) is 8.42 Å². The van der Waals surface area contributed by atoms with Crippen molar-refractivity contribution in [3.63, 3.8) is 0 Å². The molecule has 8 heteroatoms. The van der Waals surface area contributed by atoms with E-state index in [0.717, 1.165) is 6.92 Å². The van der Waals surface area contributed by atoms with Gasteiger partial charge in [0.15, 0.2) is 0 Å². The fourth-order valence-corrected chi connectivity index (χ4v) is 0.354. The van der Waals surface area contributed by atoms with E-state index in [2.05, 4.69) is 0 Å². The van der Waals surface area contributed by atoms with Crippen LogP contribution in [0.25, 0.3) is 0 Å². The molecule has 0 amide bonds. The molecule has 0 fully saturated rings. The normalized spacial score (nSPS) is 12.2. The Morgan fingerprint density at radius 2 is 1.64 bits per heavy atom. The van der Waals surface area contributed by atoms with Crippen LogP contribution in [0.4, 0.5) is 0 Å². The maximum atomic E-state index is 9.80. The van der Waals surface area contributed by atoms with Gasteiger partial charge in [0, 0.05) is 0 Å². The summed E-state index contributed by atoms with van der Waals surface area (Å²) in [4.78, 5) is 9.66. The van der Waals surface area contributed by atoms with E-state index in [4.69, 9.17) is 0 Å². The van der Waals surface area contributed by atoms with Gasteiger partial charge in [-0.3, -0.25) is 0 Å². The van der Waals surface area contributed by atoms with E-state index >= 15 is 0 Å². The Morgan fingerprint density at radius 1 is 1.36 bits per heavy atom. The Morgan fingerprint density at radius 3 is 1.64 bits per heavy atom. The minimum atomic E-state index is -4.71. The molecular weight excluding hydrogens is 194 g/mol. The number of carboxylic acid groups (broad SMARTS) is 1. The predicted molar refractivity (Wildman–Crippen MR) is 24.2 cm³/mol. The largest absolute Gasteiger partial charge is 1.00 e. The molecule has 11 heavy (non-hydrogen) atoms. The average Bonchev–Trinajstić information content (AvgIpc) is 1.62. The van der Waals surface area contributed by atoms with Gasteiger partial charge in [-0.1, -0.05) is 0 Å². The second kappa shape index (κ2) is 6.85. The minimum absolute atomic E-state index is 0. The molecule has 0 saturated carbocycles. The first-order valence-corrected chi connectivity index (χ1v) is 3.48. The molecule has 0 aliphatic heterocycles. The molecule has 0 N–H and O–H groups in total. The Balaban J connectivity index is -0.000000320. The summed E-state index contributed by atoms with van der Waals surface area (Å²) in [5.74, 6) is -1.87. The fourth-order valence-electron chi connectivity index (χ4n) is 0.118. The van der Waals surface area contributed by atoms with E-state index in [1.807, 2.05) is 0 Å². The van der Waals surface area contributed by atoms with Gasteiger partial charge in [0.1, 0.15) is 10.1 Å². The maximum absolute atomic E-state index is 9.80. The van der Waals surface area contributed by atoms with Crippen molar-refractivity contribution in [3.05, 3.63) is 0 Å². The summed E-state index contributed by atoms with van der Waals surface area (Å²) in [6.45, 7) is 0.762. The van der Waals surface area contributed by atoms with E-state index in [1.165, 1.54) is 0 Å². The first-order chi connectivity index (χ1) is 3.85. The van der Waals surface area contributed by atoms with Crippen LogP contribution in [0.3, 0.4) is 0 Å². The SMILES string of the molecule is CC(C(=O)[O-])S(=O)(=O)[O-].[Na+].[Na+]. The quantitative estimate of drug-likeness (QED) is 0.324. The zero-order valence-electron chi connectivity index (χ0n) is 6.53. The van der Waals surface area contributed by atoms with Crippen molar-refractivity contribution in [2.75, 3.05) is 0 Å².